The van der Waals surface area contributed by atoms with Crippen LogP contribution in [0.2, 0.25) is 0 Å². The van der Waals surface area contributed by atoms with Crippen molar-refractivity contribution in [3.63, 3.8) is 0 Å². The number of ether oxygens (including phenoxy) is 1. The van der Waals surface area contributed by atoms with Gasteiger partial charge in [-0.25, -0.2) is 0 Å². The van der Waals surface area contributed by atoms with Gasteiger partial charge in [-0.3, -0.25) is 9.69 Å². The molecule has 0 aromatic heterocycles. The van der Waals surface area contributed by atoms with E-state index in [-0.39, 0.29) is 12.5 Å². The topological polar surface area (TPSA) is 32.8 Å². The number of rotatable bonds is 6. The molecule has 4 rings (SSSR count). The molecule has 0 unspecified atom stereocenters. The maximum Gasteiger partial charge on any atom is 0.260 e. The fourth-order valence-corrected chi connectivity index (χ4v) is 6.48. The monoisotopic (exact) mass is 414 g/mol. The van der Waals surface area contributed by atoms with Crippen LogP contribution in [0.15, 0.2) is 54.6 Å². The third-order valence-electron chi connectivity index (χ3n) is 5.12. The molecule has 148 valence electrons. The fraction of sp³-hybridized carbons (Fsp3) is 0.409. The highest BCUT2D eigenvalue weighted by Crippen LogP contribution is 2.48. The number of para-hydroxylation sites is 1. The molecule has 2 aliphatic heterocycles. The quantitative estimate of drug-likeness (QED) is 0.716. The molecule has 4 nitrogen and oxygen atoms in total. The number of carbonyl (C=O) groups excluding carboxylic acids is 1. The van der Waals surface area contributed by atoms with Crippen molar-refractivity contribution in [3.8, 4) is 5.75 Å². The summed E-state index contributed by atoms with van der Waals surface area (Å²) >= 11 is 3.91. The van der Waals surface area contributed by atoms with Crippen molar-refractivity contribution in [1.82, 2.24) is 9.80 Å². The molecule has 2 aromatic rings. The van der Waals surface area contributed by atoms with Crippen LogP contribution < -0.4 is 4.74 Å². The molecule has 2 saturated heterocycles. The number of hydrogen-bond acceptors (Lipinski definition) is 5. The molecule has 2 aromatic carbocycles. The molecule has 1 amide bonds. The van der Waals surface area contributed by atoms with Crippen LogP contribution in [0.4, 0.5) is 0 Å². The van der Waals surface area contributed by atoms with Crippen molar-refractivity contribution in [3.05, 3.63) is 65.7 Å². The van der Waals surface area contributed by atoms with Gasteiger partial charge < -0.3 is 9.64 Å². The highest BCUT2D eigenvalue weighted by molar-refractivity contribution is 8.19. The van der Waals surface area contributed by atoms with Crippen LogP contribution in [0.3, 0.4) is 0 Å². The van der Waals surface area contributed by atoms with Gasteiger partial charge in [-0.1, -0.05) is 48.5 Å². The van der Waals surface area contributed by atoms with Gasteiger partial charge in [0.15, 0.2) is 6.61 Å². The molecule has 0 spiro atoms. The zero-order chi connectivity index (χ0) is 19.2. The summed E-state index contributed by atoms with van der Waals surface area (Å²) in [5, 5.41) is 0. The first-order valence-electron chi connectivity index (χ1n) is 9.78. The molecule has 0 radical (unpaired) electrons. The van der Waals surface area contributed by atoms with Crippen LogP contribution in [-0.2, 0) is 11.3 Å². The largest absolute Gasteiger partial charge is 0.483 e. The van der Waals surface area contributed by atoms with E-state index in [9.17, 15) is 4.79 Å². The van der Waals surface area contributed by atoms with Gasteiger partial charge in [0.05, 0.1) is 4.58 Å². The van der Waals surface area contributed by atoms with E-state index in [4.69, 9.17) is 4.74 Å². The standard InChI is InChI=1S/C22H26N2O2S2/c25-21(17-26-20-9-5-4-8-19(20)22-27-14-15-28-22)24-12-10-23(11-13-24)16-18-6-2-1-3-7-18/h1-9,22H,10-17H2. The number of amides is 1. The predicted octanol–water partition coefficient (Wildman–Crippen LogP) is 3.89. The third kappa shape index (κ3) is 5.04. The molecule has 28 heavy (non-hydrogen) atoms. The Morgan fingerprint density at radius 2 is 1.61 bits per heavy atom. The van der Waals surface area contributed by atoms with Gasteiger partial charge in [-0.2, -0.15) is 0 Å². The molecule has 2 heterocycles. The van der Waals surface area contributed by atoms with Crippen molar-refractivity contribution >= 4 is 29.4 Å². The number of hydrogen-bond donors (Lipinski definition) is 0. The Kier molecular flexibility index (Phi) is 6.83. The van der Waals surface area contributed by atoms with Crippen LogP contribution in [0.5, 0.6) is 5.75 Å². The Bertz CT molecular complexity index is 773. The van der Waals surface area contributed by atoms with E-state index >= 15 is 0 Å². The van der Waals surface area contributed by atoms with Crippen LogP contribution in [0, 0.1) is 0 Å². The first-order valence-corrected chi connectivity index (χ1v) is 11.9. The molecule has 0 atom stereocenters. The predicted molar refractivity (Wildman–Crippen MR) is 118 cm³/mol. The molecule has 0 bridgehead atoms. The summed E-state index contributed by atoms with van der Waals surface area (Å²) in [6.07, 6.45) is 0. The number of piperazine rings is 1. The minimum Gasteiger partial charge on any atom is -0.483 e. The minimum atomic E-state index is 0.0842. The molecular weight excluding hydrogens is 388 g/mol. The molecule has 0 aliphatic carbocycles. The zero-order valence-corrected chi connectivity index (χ0v) is 17.6. The second kappa shape index (κ2) is 9.72. The van der Waals surface area contributed by atoms with E-state index in [0.717, 1.165) is 38.5 Å². The lowest BCUT2D eigenvalue weighted by molar-refractivity contribution is -0.135. The van der Waals surface area contributed by atoms with Crippen molar-refractivity contribution in [2.45, 2.75) is 11.1 Å². The lowest BCUT2D eigenvalue weighted by Gasteiger charge is -2.34. The van der Waals surface area contributed by atoms with Crippen molar-refractivity contribution < 1.29 is 9.53 Å². The number of thioether (sulfide) groups is 2. The SMILES string of the molecule is O=C(COc1ccccc1C1SCCS1)N1CCN(Cc2ccccc2)CC1. The van der Waals surface area contributed by atoms with Gasteiger partial charge >= 0.3 is 0 Å². The highest BCUT2D eigenvalue weighted by atomic mass is 32.2. The van der Waals surface area contributed by atoms with E-state index < -0.39 is 0 Å². The van der Waals surface area contributed by atoms with E-state index in [0.29, 0.717) is 4.58 Å². The molecular formula is C22H26N2O2S2. The summed E-state index contributed by atoms with van der Waals surface area (Å²) in [6, 6.07) is 18.7. The summed E-state index contributed by atoms with van der Waals surface area (Å²) in [7, 11) is 0. The van der Waals surface area contributed by atoms with Crippen LogP contribution in [-0.4, -0.2) is 60.0 Å². The molecule has 2 aliphatic rings. The molecule has 0 saturated carbocycles. The highest BCUT2D eigenvalue weighted by Gasteiger charge is 2.24. The van der Waals surface area contributed by atoms with Gasteiger partial charge in [-0.15, -0.1) is 23.5 Å². The first-order chi connectivity index (χ1) is 13.8. The van der Waals surface area contributed by atoms with Crippen LogP contribution in [0.1, 0.15) is 15.7 Å². The molecule has 6 heteroatoms. The summed E-state index contributed by atoms with van der Waals surface area (Å²) in [4.78, 5) is 17.0. The number of benzene rings is 2. The van der Waals surface area contributed by atoms with Crippen molar-refractivity contribution in [2.24, 2.45) is 0 Å². The summed E-state index contributed by atoms with van der Waals surface area (Å²) in [6.45, 7) is 4.43. The van der Waals surface area contributed by atoms with Crippen molar-refractivity contribution in [2.75, 3.05) is 44.3 Å². The average molecular weight is 415 g/mol. The van der Waals surface area contributed by atoms with Crippen LogP contribution in [0.25, 0.3) is 0 Å². The summed E-state index contributed by atoms with van der Waals surface area (Å²) in [5.41, 5.74) is 2.53. The first kappa shape index (κ1) is 19.7. The van der Waals surface area contributed by atoms with Crippen molar-refractivity contribution in [1.29, 1.82) is 0 Å². The maximum absolute atomic E-state index is 12.6. The van der Waals surface area contributed by atoms with Gasteiger partial charge in [0, 0.05) is 49.8 Å². The average Bonchev–Trinajstić information content (AvgIpc) is 3.28. The maximum atomic E-state index is 12.6. The Balaban J connectivity index is 1.26. The van der Waals surface area contributed by atoms with E-state index in [1.165, 1.54) is 22.6 Å². The smallest absolute Gasteiger partial charge is 0.260 e. The normalized spacial score (nSPS) is 18.4. The second-order valence-electron chi connectivity index (χ2n) is 7.04. The fourth-order valence-electron chi connectivity index (χ4n) is 3.57. The summed E-state index contributed by atoms with van der Waals surface area (Å²) in [5.74, 6) is 3.29. The number of carbonyl (C=O) groups is 1. The van der Waals surface area contributed by atoms with E-state index in [1.54, 1.807) is 0 Å². The summed E-state index contributed by atoms with van der Waals surface area (Å²) < 4.78 is 6.38. The Morgan fingerprint density at radius 1 is 0.929 bits per heavy atom. The van der Waals surface area contributed by atoms with Gasteiger partial charge in [0.1, 0.15) is 5.75 Å². The molecule has 0 N–H and O–H groups in total. The Hall–Kier alpha value is -1.63. The second-order valence-corrected chi connectivity index (χ2v) is 9.77. The Labute approximate surface area is 175 Å². The lowest BCUT2D eigenvalue weighted by atomic mass is 10.2. The lowest BCUT2D eigenvalue weighted by Crippen LogP contribution is -2.49. The van der Waals surface area contributed by atoms with Gasteiger partial charge in [0.2, 0.25) is 0 Å². The van der Waals surface area contributed by atoms with Gasteiger partial charge in [-0.05, 0) is 11.6 Å². The third-order valence-corrected chi connectivity index (χ3v) is 8.19. The van der Waals surface area contributed by atoms with E-state index in [1.807, 2.05) is 46.6 Å². The van der Waals surface area contributed by atoms with E-state index in [2.05, 4.69) is 41.3 Å². The Morgan fingerprint density at radius 3 is 2.36 bits per heavy atom. The zero-order valence-electron chi connectivity index (χ0n) is 16.0. The van der Waals surface area contributed by atoms with Gasteiger partial charge in [0.25, 0.3) is 5.91 Å². The van der Waals surface area contributed by atoms with Crippen LogP contribution >= 0.6 is 23.5 Å². The number of nitrogens with zero attached hydrogens (tertiary/aromatic N) is 2. The minimum absolute atomic E-state index is 0.0842. The molecule has 2 fully saturated rings.